The van der Waals surface area contributed by atoms with Gasteiger partial charge in [0.1, 0.15) is 11.8 Å². The van der Waals surface area contributed by atoms with Crippen LogP contribution in [0.2, 0.25) is 10.0 Å². The van der Waals surface area contributed by atoms with Crippen molar-refractivity contribution in [2.75, 3.05) is 30.8 Å². The summed E-state index contributed by atoms with van der Waals surface area (Å²) < 4.78 is 31.2. The zero-order valence-electron chi connectivity index (χ0n) is 21.0. The molecule has 2 aromatic rings. The molecule has 0 bridgehead atoms. The summed E-state index contributed by atoms with van der Waals surface area (Å²) in [5, 5.41) is 3.60. The maximum Gasteiger partial charge on any atom is 0.242 e. The van der Waals surface area contributed by atoms with E-state index in [-0.39, 0.29) is 37.7 Å². The lowest BCUT2D eigenvalue weighted by Crippen LogP contribution is -2.48. The van der Waals surface area contributed by atoms with Crippen molar-refractivity contribution in [2.45, 2.75) is 45.7 Å². The van der Waals surface area contributed by atoms with Gasteiger partial charge in [0.05, 0.1) is 19.1 Å². The Morgan fingerprint density at radius 3 is 2.22 bits per heavy atom. The number of benzene rings is 2. The van der Waals surface area contributed by atoms with E-state index in [0.29, 0.717) is 33.6 Å². The Bertz CT molecular complexity index is 1120. The van der Waals surface area contributed by atoms with Gasteiger partial charge in [-0.05, 0) is 56.2 Å². The fourth-order valence-corrected chi connectivity index (χ4v) is 5.07. The number of rotatable bonds is 13. The molecule has 0 aliphatic carbocycles. The standard InChI is InChI=1S/C25H33Cl2N3O5S/c1-5-15-28-25(32)18(2)29(17-21-22(26)8-6-9-23(21)27)24(31)10-7-16-30(36(4,33)34)19-11-13-20(35-3)14-12-19/h6,8-9,11-14,18H,5,7,10,15-17H2,1-4H3,(H,28,32)/t18-/m0/s1. The van der Waals surface area contributed by atoms with E-state index in [0.717, 1.165) is 12.7 Å². The Morgan fingerprint density at radius 2 is 1.69 bits per heavy atom. The van der Waals surface area contributed by atoms with Crippen molar-refractivity contribution in [1.29, 1.82) is 0 Å². The number of ether oxygens (including phenoxy) is 1. The van der Waals surface area contributed by atoms with E-state index in [1.165, 1.54) is 16.3 Å². The van der Waals surface area contributed by atoms with Crippen molar-refractivity contribution >= 4 is 50.7 Å². The van der Waals surface area contributed by atoms with Crippen LogP contribution < -0.4 is 14.4 Å². The molecular formula is C25H33Cl2N3O5S. The first-order valence-electron chi connectivity index (χ1n) is 11.6. The quantitative estimate of drug-likeness (QED) is 0.391. The normalized spacial score (nSPS) is 12.1. The van der Waals surface area contributed by atoms with Crippen LogP contribution in [-0.4, -0.2) is 57.6 Å². The summed E-state index contributed by atoms with van der Waals surface area (Å²) >= 11 is 12.7. The summed E-state index contributed by atoms with van der Waals surface area (Å²) in [4.78, 5) is 27.4. The van der Waals surface area contributed by atoms with E-state index < -0.39 is 16.1 Å². The van der Waals surface area contributed by atoms with Gasteiger partial charge in [0.25, 0.3) is 0 Å². The SMILES string of the molecule is CCCNC(=O)[C@H](C)N(Cc1c(Cl)cccc1Cl)C(=O)CCCN(c1ccc(OC)cc1)S(C)(=O)=O. The van der Waals surface area contributed by atoms with Crippen LogP contribution in [0.25, 0.3) is 0 Å². The van der Waals surface area contributed by atoms with Crippen molar-refractivity contribution in [1.82, 2.24) is 10.2 Å². The average Bonchev–Trinajstić information content (AvgIpc) is 2.84. The zero-order valence-corrected chi connectivity index (χ0v) is 23.3. The molecule has 198 valence electrons. The smallest absolute Gasteiger partial charge is 0.242 e. The van der Waals surface area contributed by atoms with Gasteiger partial charge in [-0.15, -0.1) is 0 Å². The molecule has 0 saturated heterocycles. The van der Waals surface area contributed by atoms with Crippen LogP contribution in [0, 0.1) is 0 Å². The Balaban J connectivity index is 2.20. The largest absolute Gasteiger partial charge is 0.497 e. The highest BCUT2D eigenvalue weighted by Crippen LogP contribution is 2.27. The van der Waals surface area contributed by atoms with Gasteiger partial charge in [0, 0.05) is 41.7 Å². The number of halogens is 2. The van der Waals surface area contributed by atoms with Gasteiger partial charge in [0.2, 0.25) is 21.8 Å². The van der Waals surface area contributed by atoms with Crippen molar-refractivity contribution in [3.8, 4) is 5.75 Å². The van der Waals surface area contributed by atoms with E-state index >= 15 is 0 Å². The van der Waals surface area contributed by atoms with Gasteiger partial charge in [0.15, 0.2) is 0 Å². The number of amides is 2. The Hall–Kier alpha value is -2.49. The molecule has 36 heavy (non-hydrogen) atoms. The third-order valence-corrected chi connectivity index (χ3v) is 7.52. The molecule has 0 aromatic heterocycles. The highest BCUT2D eigenvalue weighted by molar-refractivity contribution is 7.92. The van der Waals surface area contributed by atoms with E-state index in [1.54, 1.807) is 49.4 Å². The second kappa shape index (κ2) is 13.7. The van der Waals surface area contributed by atoms with Gasteiger partial charge in [-0.25, -0.2) is 8.42 Å². The van der Waals surface area contributed by atoms with Crippen LogP contribution in [-0.2, 0) is 26.2 Å². The van der Waals surface area contributed by atoms with Crippen molar-refractivity contribution in [3.05, 3.63) is 58.1 Å². The summed E-state index contributed by atoms with van der Waals surface area (Å²) in [5.41, 5.74) is 1.01. The van der Waals surface area contributed by atoms with Crippen LogP contribution >= 0.6 is 23.2 Å². The van der Waals surface area contributed by atoms with E-state index in [2.05, 4.69) is 5.32 Å². The fourth-order valence-electron chi connectivity index (χ4n) is 3.58. The Kier molecular flexibility index (Phi) is 11.3. The summed E-state index contributed by atoms with van der Waals surface area (Å²) in [7, 11) is -2.06. The predicted octanol–water partition coefficient (Wildman–Crippen LogP) is 4.49. The van der Waals surface area contributed by atoms with Crippen molar-refractivity contribution in [3.63, 3.8) is 0 Å². The fraction of sp³-hybridized carbons (Fsp3) is 0.440. The molecule has 2 rings (SSSR count). The third kappa shape index (κ3) is 8.28. The van der Waals surface area contributed by atoms with E-state index in [4.69, 9.17) is 27.9 Å². The maximum atomic E-state index is 13.3. The maximum absolute atomic E-state index is 13.3. The molecular weight excluding hydrogens is 525 g/mol. The number of nitrogens with zero attached hydrogens (tertiary/aromatic N) is 2. The van der Waals surface area contributed by atoms with Crippen LogP contribution in [0.15, 0.2) is 42.5 Å². The van der Waals surface area contributed by atoms with Crippen LogP contribution in [0.4, 0.5) is 5.69 Å². The van der Waals surface area contributed by atoms with Crippen molar-refractivity contribution in [2.24, 2.45) is 0 Å². The van der Waals surface area contributed by atoms with Gasteiger partial charge < -0.3 is 15.0 Å². The van der Waals surface area contributed by atoms with Gasteiger partial charge >= 0.3 is 0 Å². The Morgan fingerprint density at radius 1 is 1.08 bits per heavy atom. The molecule has 0 spiro atoms. The molecule has 1 N–H and O–H groups in total. The lowest BCUT2D eigenvalue weighted by Gasteiger charge is -2.30. The number of methoxy groups -OCH3 is 1. The number of sulfonamides is 1. The molecule has 0 aliphatic heterocycles. The molecule has 0 radical (unpaired) electrons. The first-order valence-corrected chi connectivity index (χ1v) is 14.2. The molecule has 0 aliphatic rings. The Labute approximate surface area is 223 Å². The van der Waals surface area contributed by atoms with Gasteiger partial charge in [-0.2, -0.15) is 0 Å². The number of hydrogen-bond acceptors (Lipinski definition) is 5. The topological polar surface area (TPSA) is 96.0 Å². The monoisotopic (exact) mass is 557 g/mol. The number of hydrogen-bond donors (Lipinski definition) is 1. The minimum Gasteiger partial charge on any atom is -0.497 e. The summed E-state index contributed by atoms with van der Waals surface area (Å²) in [6.45, 7) is 4.21. The molecule has 0 heterocycles. The molecule has 2 aromatic carbocycles. The average molecular weight is 559 g/mol. The van der Waals surface area contributed by atoms with Gasteiger partial charge in [-0.3, -0.25) is 13.9 Å². The molecule has 8 nitrogen and oxygen atoms in total. The number of nitrogens with one attached hydrogen (secondary N) is 1. The summed E-state index contributed by atoms with van der Waals surface area (Å²) in [5.74, 6) is 0.00396. The molecule has 2 amide bonds. The van der Waals surface area contributed by atoms with Crippen molar-refractivity contribution < 1.29 is 22.7 Å². The lowest BCUT2D eigenvalue weighted by molar-refractivity contribution is -0.140. The molecule has 0 fully saturated rings. The van der Waals surface area contributed by atoms with E-state index in [1.807, 2.05) is 6.92 Å². The first kappa shape index (κ1) is 29.7. The van der Waals surface area contributed by atoms with Gasteiger partial charge in [-0.1, -0.05) is 36.2 Å². The minimum atomic E-state index is -3.59. The number of carbonyl (C=O) groups is 2. The molecule has 0 unspecified atom stereocenters. The summed E-state index contributed by atoms with van der Waals surface area (Å²) in [6, 6.07) is 10.9. The van der Waals surface area contributed by atoms with Crippen LogP contribution in [0.3, 0.4) is 0 Å². The summed E-state index contributed by atoms with van der Waals surface area (Å²) in [6.07, 6.45) is 2.14. The molecule has 11 heteroatoms. The molecule has 1 atom stereocenters. The zero-order chi connectivity index (χ0) is 26.9. The van der Waals surface area contributed by atoms with E-state index in [9.17, 15) is 18.0 Å². The van der Waals surface area contributed by atoms with Crippen LogP contribution in [0.1, 0.15) is 38.7 Å². The second-order valence-corrected chi connectivity index (χ2v) is 11.0. The third-order valence-electron chi connectivity index (χ3n) is 5.62. The van der Waals surface area contributed by atoms with Crippen LogP contribution in [0.5, 0.6) is 5.75 Å². The number of carbonyl (C=O) groups excluding carboxylic acids is 2. The molecule has 0 saturated carbocycles. The predicted molar refractivity (Wildman–Crippen MR) is 144 cm³/mol. The number of anilines is 1. The lowest BCUT2D eigenvalue weighted by atomic mass is 10.1. The minimum absolute atomic E-state index is 0.0235. The first-order chi connectivity index (χ1) is 17.0. The highest BCUT2D eigenvalue weighted by atomic mass is 35.5. The second-order valence-electron chi connectivity index (χ2n) is 8.33. The highest BCUT2D eigenvalue weighted by Gasteiger charge is 2.27.